The third-order valence-electron chi connectivity index (χ3n) is 3.71. The third-order valence-corrected chi connectivity index (χ3v) is 3.71. The Morgan fingerprint density at radius 1 is 1.21 bits per heavy atom. The Morgan fingerprint density at radius 2 is 1.95 bits per heavy atom. The predicted molar refractivity (Wildman–Crippen MR) is 73.3 cm³/mol. The molecule has 0 N–H and O–H groups in total. The highest BCUT2D eigenvalue weighted by Crippen LogP contribution is 2.11. The Labute approximate surface area is 112 Å². The number of fused-ring (bicyclic) bond motifs is 1. The molecule has 2 aromatic rings. The summed E-state index contributed by atoms with van der Waals surface area (Å²) < 4.78 is 1.96. The molecule has 0 bridgehead atoms. The lowest BCUT2D eigenvalue weighted by Gasteiger charge is -2.31. The molecule has 0 aromatic carbocycles. The van der Waals surface area contributed by atoms with E-state index in [1.165, 1.54) is 0 Å². The largest absolute Gasteiger partial charge is 0.335 e. The van der Waals surface area contributed by atoms with Gasteiger partial charge in [-0.05, 0) is 26.1 Å². The van der Waals surface area contributed by atoms with Crippen LogP contribution in [-0.2, 0) is 0 Å². The Balaban J connectivity index is 1.87. The topological polar surface area (TPSA) is 40.9 Å². The number of pyridine rings is 1. The number of carbonyl (C=O) groups excluding carboxylic acids is 1. The molecule has 1 aliphatic rings. The van der Waals surface area contributed by atoms with Gasteiger partial charge in [0.2, 0.25) is 0 Å². The van der Waals surface area contributed by atoms with E-state index in [2.05, 4.69) is 16.9 Å². The average Bonchev–Trinajstić information content (AvgIpc) is 2.84. The first kappa shape index (κ1) is 12.2. The van der Waals surface area contributed by atoms with Crippen LogP contribution in [0.15, 0.2) is 24.4 Å². The van der Waals surface area contributed by atoms with Gasteiger partial charge in [-0.15, -0.1) is 0 Å². The Morgan fingerprint density at radius 3 is 2.63 bits per heavy atom. The van der Waals surface area contributed by atoms with Crippen molar-refractivity contribution in [2.24, 2.45) is 0 Å². The second kappa shape index (κ2) is 4.66. The van der Waals surface area contributed by atoms with Gasteiger partial charge in [-0.1, -0.05) is 6.07 Å². The van der Waals surface area contributed by atoms with Crippen LogP contribution in [0.5, 0.6) is 0 Å². The van der Waals surface area contributed by atoms with Gasteiger partial charge in [-0.2, -0.15) is 0 Å². The van der Waals surface area contributed by atoms with Gasteiger partial charge in [-0.3, -0.25) is 4.79 Å². The first-order chi connectivity index (χ1) is 9.15. The third kappa shape index (κ3) is 2.21. The average molecular weight is 258 g/mol. The van der Waals surface area contributed by atoms with Crippen LogP contribution in [0.2, 0.25) is 0 Å². The van der Waals surface area contributed by atoms with Gasteiger partial charge >= 0.3 is 0 Å². The van der Waals surface area contributed by atoms with Crippen molar-refractivity contribution in [3.8, 4) is 0 Å². The van der Waals surface area contributed by atoms with Gasteiger partial charge in [-0.25, -0.2) is 4.98 Å². The van der Waals surface area contributed by atoms with Crippen molar-refractivity contribution in [1.29, 1.82) is 0 Å². The summed E-state index contributed by atoms with van der Waals surface area (Å²) in [5.74, 6) is 0.0381. The molecule has 2 aromatic heterocycles. The molecular formula is C14H18N4O. The Kier molecular flexibility index (Phi) is 2.98. The summed E-state index contributed by atoms with van der Waals surface area (Å²) in [6, 6.07) is 5.90. The maximum Gasteiger partial charge on any atom is 0.274 e. The van der Waals surface area contributed by atoms with E-state index in [-0.39, 0.29) is 5.91 Å². The summed E-state index contributed by atoms with van der Waals surface area (Å²) in [4.78, 5) is 21.0. The highest BCUT2D eigenvalue weighted by molar-refractivity contribution is 5.93. The molecule has 100 valence electrons. The van der Waals surface area contributed by atoms with Crippen molar-refractivity contribution in [3.63, 3.8) is 0 Å². The molecule has 5 heteroatoms. The van der Waals surface area contributed by atoms with E-state index in [0.29, 0.717) is 5.69 Å². The molecular weight excluding hydrogens is 240 g/mol. The lowest BCUT2D eigenvalue weighted by molar-refractivity contribution is 0.0659. The zero-order chi connectivity index (χ0) is 13.4. The standard InChI is InChI=1S/C14H18N4O/c1-11-4-3-5-13-15-12(10-18(11)13)14(19)17-8-6-16(2)7-9-17/h3-5,10H,6-9H2,1-2H3. The summed E-state index contributed by atoms with van der Waals surface area (Å²) in [5, 5.41) is 0. The summed E-state index contributed by atoms with van der Waals surface area (Å²) >= 11 is 0. The number of hydrogen-bond acceptors (Lipinski definition) is 3. The quantitative estimate of drug-likeness (QED) is 0.767. The van der Waals surface area contributed by atoms with Crippen LogP contribution in [0, 0.1) is 6.92 Å². The van der Waals surface area contributed by atoms with Crippen LogP contribution in [-0.4, -0.2) is 58.3 Å². The van der Waals surface area contributed by atoms with Crippen molar-refractivity contribution in [2.45, 2.75) is 6.92 Å². The van der Waals surface area contributed by atoms with E-state index in [4.69, 9.17) is 0 Å². The molecule has 0 atom stereocenters. The van der Waals surface area contributed by atoms with Gasteiger partial charge in [0, 0.05) is 38.1 Å². The van der Waals surface area contributed by atoms with Crippen molar-refractivity contribution >= 4 is 11.6 Å². The summed E-state index contributed by atoms with van der Waals surface area (Å²) in [6.45, 7) is 5.43. The molecule has 0 unspecified atom stereocenters. The van der Waals surface area contributed by atoms with Gasteiger partial charge in [0.1, 0.15) is 11.3 Å². The van der Waals surface area contributed by atoms with Gasteiger partial charge in [0.05, 0.1) is 0 Å². The predicted octanol–water partition coefficient (Wildman–Crippen LogP) is 1.03. The smallest absolute Gasteiger partial charge is 0.274 e. The minimum absolute atomic E-state index is 0.0381. The molecule has 3 rings (SSSR count). The molecule has 0 radical (unpaired) electrons. The highest BCUT2D eigenvalue weighted by Gasteiger charge is 2.22. The van der Waals surface area contributed by atoms with Crippen LogP contribution in [0.25, 0.3) is 5.65 Å². The number of likely N-dealkylation sites (N-methyl/N-ethyl adjacent to an activating group) is 1. The lowest BCUT2D eigenvalue weighted by Crippen LogP contribution is -2.47. The molecule has 1 saturated heterocycles. The maximum atomic E-state index is 12.4. The minimum Gasteiger partial charge on any atom is -0.335 e. The van der Waals surface area contributed by atoms with Crippen LogP contribution < -0.4 is 0 Å². The van der Waals surface area contributed by atoms with Crippen LogP contribution in [0.3, 0.4) is 0 Å². The Hall–Kier alpha value is -1.88. The van der Waals surface area contributed by atoms with Crippen LogP contribution >= 0.6 is 0 Å². The van der Waals surface area contributed by atoms with E-state index in [0.717, 1.165) is 37.5 Å². The maximum absolute atomic E-state index is 12.4. The molecule has 5 nitrogen and oxygen atoms in total. The number of hydrogen-bond donors (Lipinski definition) is 0. The molecule has 0 saturated carbocycles. The second-order valence-corrected chi connectivity index (χ2v) is 5.12. The van der Waals surface area contributed by atoms with Crippen molar-refractivity contribution in [1.82, 2.24) is 19.2 Å². The molecule has 1 amide bonds. The first-order valence-corrected chi connectivity index (χ1v) is 6.58. The van der Waals surface area contributed by atoms with E-state index < -0.39 is 0 Å². The van der Waals surface area contributed by atoms with Crippen LogP contribution in [0.1, 0.15) is 16.2 Å². The zero-order valence-corrected chi connectivity index (χ0v) is 11.3. The van der Waals surface area contributed by atoms with Crippen molar-refractivity contribution in [3.05, 3.63) is 35.8 Å². The second-order valence-electron chi connectivity index (χ2n) is 5.12. The fraction of sp³-hybridized carbons (Fsp3) is 0.429. The Bertz CT molecular complexity index is 611. The summed E-state index contributed by atoms with van der Waals surface area (Å²) in [6.07, 6.45) is 1.84. The first-order valence-electron chi connectivity index (χ1n) is 6.58. The normalized spacial score (nSPS) is 17.1. The fourth-order valence-electron chi connectivity index (χ4n) is 2.42. The number of rotatable bonds is 1. The molecule has 1 aliphatic heterocycles. The SMILES string of the molecule is Cc1cccc2nc(C(=O)N3CCN(C)CC3)cn12. The van der Waals surface area contributed by atoms with E-state index >= 15 is 0 Å². The number of piperazine rings is 1. The van der Waals surface area contributed by atoms with Gasteiger partial charge < -0.3 is 14.2 Å². The number of aryl methyl sites for hydroxylation is 1. The van der Waals surface area contributed by atoms with Gasteiger partial charge in [0.15, 0.2) is 0 Å². The molecule has 0 spiro atoms. The monoisotopic (exact) mass is 258 g/mol. The van der Waals surface area contributed by atoms with Gasteiger partial charge in [0.25, 0.3) is 5.91 Å². The zero-order valence-electron chi connectivity index (χ0n) is 11.3. The molecule has 19 heavy (non-hydrogen) atoms. The van der Waals surface area contributed by atoms with E-state index in [1.807, 2.05) is 40.6 Å². The molecule has 3 heterocycles. The van der Waals surface area contributed by atoms with Crippen LogP contribution in [0.4, 0.5) is 0 Å². The number of amides is 1. The van der Waals surface area contributed by atoms with E-state index in [9.17, 15) is 4.79 Å². The lowest BCUT2D eigenvalue weighted by atomic mass is 10.3. The summed E-state index contributed by atoms with van der Waals surface area (Å²) in [7, 11) is 2.08. The fourth-order valence-corrected chi connectivity index (χ4v) is 2.42. The highest BCUT2D eigenvalue weighted by atomic mass is 16.2. The number of carbonyl (C=O) groups is 1. The van der Waals surface area contributed by atoms with Crippen molar-refractivity contribution < 1.29 is 4.79 Å². The number of nitrogens with zero attached hydrogens (tertiary/aromatic N) is 4. The minimum atomic E-state index is 0.0381. The number of imidazole rings is 1. The molecule has 1 fully saturated rings. The summed E-state index contributed by atoms with van der Waals surface area (Å²) in [5.41, 5.74) is 2.46. The van der Waals surface area contributed by atoms with E-state index in [1.54, 1.807) is 0 Å². The molecule has 0 aliphatic carbocycles. The van der Waals surface area contributed by atoms with Crippen molar-refractivity contribution in [2.75, 3.05) is 33.2 Å². The number of aromatic nitrogens is 2.